The number of piperidine rings is 1. The Balaban J connectivity index is 1.86. The Morgan fingerprint density at radius 2 is 2.14 bits per heavy atom. The van der Waals surface area contributed by atoms with Gasteiger partial charge in [-0.25, -0.2) is 4.39 Å². The van der Waals surface area contributed by atoms with Gasteiger partial charge in [0, 0.05) is 29.8 Å². The van der Waals surface area contributed by atoms with E-state index in [0.29, 0.717) is 27.7 Å². The fourth-order valence-corrected chi connectivity index (χ4v) is 4.14. The van der Waals surface area contributed by atoms with E-state index in [0.717, 1.165) is 18.2 Å². The van der Waals surface area contributed by atoms with E-state index >= 15 is 0 Å². The second-order valence-electron chi connectivity index (χ2n) is 5.30. The van der Waals surface area contributed by atoms with Gasteiger partial charge in [-0.2, -0.15) is 0 Å². The van der Waals surface area contributed by atoms with Crippen molar-refractivity contribution in [2.24, 2.45) is 5.92 Å². The van der Waals surface area contributed by atoms with Gasteiger partial charge in [-0.05, 0) is 37.0 Å². The van der Waals surface area contributed by atoms with Crippen molar-refractivity contribution < 1.29 is 14.3 Å². The summed E-state index contributed by atoms with van der Waals surface area (Å²) < 4.78 is 13.9. The standard InChI is InChI=1S/C15H15ClFNO2S/c16-13-11-2-1-10(17)7-12(11)21-14(13)15(20)18-5-3-9(8-19)4-6-18/h1-2,7,9,19H,3-6,8H2. The van der Waals surface area contributed by atoms with Gasteiger partial charge in [-0.15, -0.1) is 11.3 Å². The molecule has 6 heteroatoms. The van der Waals surface area contributed by atoms with Crippen LogP contribution in [0, 0.1) is 11.7 Å². The number of benzene rings is 1. The summed E-state index contributed by atoms with van der Waals surface area (Å²) in [5.41, 5.74) is 0. The third-order valence-corrected chi connectivity index (χ3v) is 5.59. The summed E-state index contributed by atoms with van der Waals surface area (Å²) in [5.74, 6) is -0.151. The molecule has 1 aromatic carbocycles. The summed E-state index contributed by atoms with van der Waals surface area (Å²) >= 11 is 7.51. The fraction of sp³-hybridized carbons (Fsp3) is 0.400. The number of hydrogen-bond acceptors (Lipinski definition) is 3. The van der Waals surface area contributed by atoms with E-state index < -0.39 is 0 Å². The lowest BCUT2D eigenvalue weighted by Crippen LogP contribution is -2.39. The number of hydrogen-bond donors (Lipinski definition) is 1. The molecule has 112 valence electrons. The molecule has 2 aromatic rings. The number of likely N-dealkylation sites (tertiary alicyclic amines) is 1. The highest BCUT2D eigenvalue weighted by Gasteiger charge is 2.26. The number of rotatable bonds is 2. The van der Waals surface area contributed by atoms with Gasteiger partial charge < -0.3 is 10.0 Å². The number of aliphatic hydroxyl groups is 1. The third-order valence-electron chi connectivity index (χ3n) is 3.95. The van der Waals surface area contributed by atoms with Crippen LogP contribution in [0.4, 0.5) is 4.39 Å². The average molecular weight is 328 g/mol. The molecule has 3 nitrogen and oxygen atoms in total. The molecule has 1 N–H and O–H groups in total. The van der Waals surface area contributed by atoms with E-state index in [4.69, 9.17) is 16.7 Å². The zero-order valence-electron chi connectivity index (χ0n) is 11.3. The SMILES string of the molecule is O=C(c1sc2cc(F)ccc2c1Cl)N1CCC(CO)CC1. The minimum Gasteiger partial charge on any atom is -0.396 e. The van der Waals surface area contributed by atoms with Crippen molar-refractivity contribution in [2.45, 2.75) is 12.8 Å². The van der Waals surface area contributed by atoms with Crippen molar-refractivity contribution in [3.63, 3.8) is 0 Å². The van der Waals surface area contributed by atoms with Crippen LogP contribution in [0.5, 0.6) is 0 Å². The first-order chi connectivity index (χ1) is 10.1. The molecular formula is C15H15ClFNO2S. The van der Waals surface area contributed by atoms with Gasteiger partial charge in [0.15, 0.2) is 0 Å². The first-order valence-electron chi connectivity index (χ1n) is 6.88. The van der Waals surface area contributed by atoms with E-state index in [1.807, 2.05) is 0 Å². The Morgan fingerprint density at radius 3 is 2.81 bits per heavy atom. The van der Waals surface area contributed by atoms with Crippen LogP contribution in [-0.2, 0) is 0 Å². The van der Waals surface area contributed by atoms with Gasteiger partial charge >= 0.3 is 0 Å². The number of nitrogens with zero attached hydrogens (tertiary/aromatic N) is 1. The van der Waals surface area contributed by atoms with E-state index in [9.17, 15) is 9.18 Å². The Morgan fingerprint density at radius 1 is 1.43 bits per heavy atom. The molecule has 1 aromatic heterocycles. The van der Waals surface area contributed by atoms with Gasteiger partial charge in [0.1, 0.15) is 10.7 Å². The number of carbonyl (C=O) groups excluding carboxylic acids is 1. The van der Waals surface area contributed by atoms with Crippen LogP contribution < -0.4 is 0 Å². The highest BCUT2D eigenvalue weighted by Crippen LogP contribution is 2.36. The van der Waals surface area contributed by atoms with Crippen molar-refractivity contribution in [3.05, 3.63) is 33.9 Å². The summed E-state index contributed by atoms with van der Waals surface area (Å²) in [7, 11) is 0. The van der Waals surface area contributed by atoms with Gasteiger partial charge in [0.05, 0.1) is 5.02 Å². The molecule has 0 atom stereocenters. The van der Waals surface area contributed by atoms with Crippen LogP contribution in [0.2, 0.25) is 5.02 Å². The third kappa shape index (κ3) is 2.78. The number of thiophene rings is 1. The summed E-state index contributed by atoms with van der Waals surface area (Å²) in [5, 5.41) is 10.3. The molecule has 1 aliphatic heterocycles. The fourth-order valence-electron chi connectivity index (χ4n) is 2.64. The summed E-state index contributed by atoms with van der Waals surface area (Å²) in [4.78, 5) is 14.8. The molecule has 21 heavy (non-hydrogen) atoms. The van der Waals surface area contributed by atoms with E-state index in [-0.39, 0.29) is 24.2 Å². The van der Waals surface area contributed by atoms with Gasteiger partial charge in [0.2, 0.25) is 0 Å². The molecular weight excluding hydrogens is 313 g/mol. The lowest BCUT2D eigenvalue weighted by atomic mass is 9.98. The van der Waals surface area contributed by atoms with E-state index in [2.05, 4.69) is 0 Å². The highest BCUT2D eigenvalue weighted by atomic mass is 35.5. The molecule has 0 radical (unpaired) electrons. The summed E-state index contributed by atoms with van der Waals surface area (Å²) in [6.45, 7) is 1.43. The maximum absolute atomic E-state index is 13.3. The predicted molar refractivity (Wildman–Crippen MR) is 82.5 cm³/mol. The first kappa shape index (κ1) is 14.8. The maximum Gasteiger partial charge on any atom is 0.265 e. The van der Waals surface area contributed by atoms with Crippen LogP contribution in [0.25, 0.3) is 10.1 Å². The van der Waals surface area contributed by atoms with Crippen molar-refractivity contribution in [1.82, 2.24) is 4.90 Å². The maximum atomic E-state index is 13.3. The summed E-state index contributed by atoms with van der Waals surface area (Å²) in [6, 6.07) is 4.36. The first-order valence-corrected chi connectivity index (χ1v) is 8.07. The van der Waals surface area contributed by atoms with Crippen LogP contribution in [0.3, 0.4) is 0 Å². The molecule has 1 aliphatic rings. The van der Waals surface area contributed by atoms with Crippen molar-refractivity contribution >= 4 is 38.9 Å². The number of amides is 1. The van der Waals surface area contributed by atoms with E-state index in [1.54, 1.807) is 11.0 Å². The number of carbonyl (C=O) groups is 1. The van der Waals surface area contributed by atoms with Gasteiger partial charge in [-0.3, -0.25) is 4.79 Å². The zero-order chi connectivity index (χ0) is 15.0. The molecule has 2 heterocycles. The number of aliphatic hydroxyl groups excluding tert-OH is 1. The Kier molecular flexibility index (Phi) is 4.15. The molecule has 0 bridgehead atoms. The molecule has 0 unspecified atom stereocenters. The molecule has 3 rings (SSSR count). The molecule has 1 amide bonds. The second kappa shape index (κ2) is 5.91. The molecule has 0 aliphatic carbocycles. The minimum atomic E-state index is -0.330. The quantitative estimate of drug-likeness (QED) is 0.916. The van der Waals surface area contributed by atoms with Gasteiger partial charge in [0.25, 0.3) is 5.91 Å². The molecule has 1 fully saturated rings. The zero-order valence-corrected chi connectivity index (χ0v) is 12.9. The van der Waals surface area contributed by atoms with Crippen molar-refractivity contribution in [3.8, 4) is 0 Å². The topological polar surface area (TPSA) is 40.5 Å². The smallest absolute Gasteiger partial charge is 0.265 e. The Bertz CT molecular complexity index is 680. The van der Waals surface area contributed by atoms with Crippen molar-refractivity contribution in [1.29, 1.82) is 0 Å². The lowest BCUT2D eigenvalue weighted by Gasteiger charge is -2.30. The van der Waals surface area contributed by atoms with Crippen LogP contribution in [0.1, 0.15) is 22.5 Å². The van der Waals surface area contributed by atoms with E-state index in [1.165, 1.54) is 23.5 Å². The van der Waals surface area contributed by atoms with Crippen molar-refractivity contribution in [2.75, 3.05) is 19.7 Å². The monoisotopic (exact) mass is 327 g/mol. The average Bonchev–Trinajstić information content (AvgIpc) is 2.83. The number of fused-ring (bicyclic) bond motifs is 1. The molecule has 0 saturated carbocycles. The Hall–Kier alpha value is -1.17. The summed E-state index contributed by atoms with van der Waals surface area (Å²) in [6.07, 6.45) is 1.61. The minimum absolute atomic E-state index is 0.0991. The largest absolute Gasteiger partial charge is 0.396 e. The number of halogens is 2. The van der Waals surface area contributed by atoms with Crippen LogP contribution in [-0.4, -0.2) is 35.6 Å². The second-order valence-corrected chi connectivity index (χ2v) is 6.73. The van der Waals surface area contributed by atoms with Crippen LogP contribution >= 0.6 is 22.9 Å². The highest BCUT2D eigenvalue weighted by molar-refractivity contribution is 7.21. The van der Waals surface area contributed by atoms with Gasteiger partial charge in [-0.1, -0.05) is 11.6 Å². The molecule has 0 spiro atoms. The lowest BCUT2D eigenvalue weighted by molar-refractivity contribution is 0.0656. The Labute approximate surface area is 130 Å². The molecule has 1 saturated heterocycles. The normalized spacial score (nSPS) is 16.6. The predicted octanol–water partition coefficient (Wildman–Crippen LogP) is 3.54. The van der Waals surface area contributed by atoms with Crippen LogP contribution in [0.15, 0.2) is 18.2 Å².